The highest BCUT2D eigenvalue weighted by molar-refractivity contribution is 7.89. The van der Waals surface area contributed by atoms with Crippen molar-refractivity contribution >= 4 is 47.5 Å². The monoisotopic (exact) mass is 520 g/mol. The Morgan fingerprint density at radius 1 is 1.03 bits per heavy atom. The van der Waals surface area contributed by atoms with Crippen LogP contribution in [0.4, 0.5) is 0 Å². The van der Waals surface area contributed by atoms with E-state index in [1.54, 1.807) is 16.7 Å². The first-order valence-electron chi connectivity index (χ1n) is 10.6. The number of hydrogen-bond acceptors (Lipinski definition) is 6. The number of aromatic nitrogens is 1. The zero-order chi connectivity index (χ0) is 24.5. The zero-order valence-electron chi connectivity index (χ0n) is 18.3. The van der Waals surface area contributed by atoms with Gasteiger partial charge in [0, 0.05) is 25.2 Å². The molecule has 0 atom stereocenters. The van der Waals surface area contributed by atoms with Gasteiger partial charge >= 0.3 is 0 Å². The molecule has 0 unspecified atom stereocenters. The lowest BCUT2D eigenvalue weighted by Gasteiger charge is -2.25. The SMILES string of the molecule is C=CCn1c(=NC(=O)c2ccc(S(=O)(=O)N3CCCCC3)cc2)sc2cc(S(N)(=O)=O)ccc21. The van der Waals surface area contributed by atoms with E-state index in [1.165, 1.54) is 40.7 Å². The molecule has 180 valence electrons. The number of nitrogens with two attached hydrogens (primary N) is 1. The maximum Gasteiger partial charge on any atom is 0.279 e. The largest absolute Gasteiger partial charge is 0.312 e. The van der Waals surface area contributed by atoms with Crippen LogP contribution in [0.5, 0.6) is 0 Å². The molecule has 1 fully saturated rings. The van der Waals surface area contributed by atoms with Crippen molar-refractivity contribution in [1.29, 1.82) is 0 Å². The second-order valence-corrected chi connectivity index (χ2v) is 12.4. The Balaban J connectivity index is 1.68. The van der Waals surface area contributed by atoms with Crippen molar-refractivity contribution in [3.8, 4) is 0 Å². The molecule has 34 heavy (non-hydrogen) atoms. The number of piperidine rings is 1. The zero-order valence-corrected chi connectivity index (χ0v) is 20.7. The van der Waals surface area contributed by atoms with Crippen LogP contribution in [0, 0.1) is 0 Å². The normalized spacial score (nSPS) is 16.1. The van der Waals surface area contributed by atoms with Crippen LogP contribution in [-0.4, -0.2) is 44.7 Å². The molecule has 12 heteroatoms. The molecule has 1 aromatic heterocycles. The van der Waals surface area contributed by atoms with Gasteiger partial charge in [0.05, 0.1) is 20.0 Å². The molecular weight excluding hydrogens is 496 g/mol. The van der Waals surface area contributed by atoms with E-state index in [-0.39, 0.29) is 15.4 Å². The maximum atomic E-state index is 12.9. The van der Waals surface area contributed by atoms with Gasteiger partial charge in [-0.2, -0.15) is 9.30 Å². The van der Waals surface area contributed by atoms with Crippen LogP contribution >= 0.6 is 11.3 Å². The minimum absolute atomic E-state index is 0.0321. The van der Waals surface area contributed by atoms with Gasteiger partial charge in [-0.25, -0.2) is 22.0 Å². The lowest BCUT2D eigenvalue weighted by molar-refractivity contribution is 0.0997. The molecule has 1 amide bonds. The highest BCUT2D eigenvalue weighted by atomic mass is 32.2. The van der Waals surface area contributed by atoms with Crippen LogP contribution < -0.4 is 9.94 Å². The molecular formula is C22H24N4O5S3. The van der Waals surface area contributed by atoms with Gasteiger partial charge in [0.25, 0.3) is 5.91 Å². The summed E-state index contributed by atoms with van der Waals surface area (Å²) in [5.41, 5.74) is 0.928. The third-order valence-electron chi connectivity index (χ3n) is 5.55. The van der Waals surface area contributed by atoms with E-state index < -0.39 is 26.0 Å². The van der Waals surface area contributed by atoms with Crippen LogP contribution in [0.1, 0.15) is 29.6 Å². The lowest BCUT2D eigenvalue weighted by atomic mass is 10.2. The van der Waals surface area contributed by atoms with E-state index in [9.17, 15) is 21.6 Å². The van der Waals surface area contributed by atoms with Crippen molar-refractivity contribution < 1.29 is 21.6 Å². The molecule has 4 rings (SSSR count). The molecule has 0 saturated carbocycles. The number of nitrogens with zero attached hydrogens (tertiary/aromatic N) is 3. The molecule has 0 spiro atoms. The minimum Gasteiger partial charge on any atom is -0.312 e. The Morgan fingerprint density at radius 3 is 2.29 bits per heavy atom. The number of thiazole rings is 1. The van der Waals surface area contributed by atoms with Crippen LogP contribution in [0.25, 0.3) is 10.2 Å². The number of fused-ring (bicyclic) bond motifs is 1. The molecule has 0 aliphatic carbocycles. The average molecular weight is 521 g/mol. The lowest BCUT2D eigenvalue weighted by Crippen LogP contribution is -2.35. The number of benzene rings is 2. The summed E-state index contributed by atoms with van der Waals surface area (Å²) < 4.78 is 52.9. The first-order chi connectivity index (χ1) is 16.1. The van der Waals surface area contributed by atoms with Gasteiger partial charge in [0.2, 0.25) is 20.0 Å². The van der Waals surface area contributed by atoms with E-state index in [1.807, 2.05) is 0 Å². The van der Waals surface area contributed by atoms with Crippen LogP contribution in [0.2, 0.25) is 0 Å². The third kappa shape index (κ3) is 4.91. The topological polar surface area (TPSA) is 132 Å². The summed E-state index contributed by atoms with van der Waals surface area (Å²) in [6, 6.07) is 10.2. The van der Waals surface area contributed by atoms with Crippen molar-refractivity contribution in [2.75, 3.05) is 13.1 Å². The van der Waals surface area contributed by atoms with Gasteiger partial charge in [-0.05, 0) is 55.3 Å². The number of carbonyl (C=O) groups excluding carboxylic acids is 1. The second-order valence-electron chi connectivity index (χ2n) is 7.86. The maximum absolute atomic E-state index is 12.9. The van der Waals surface area contributed by atoms with Crippen LogP contribution in [-0.2, 0) is 26.6 Å². The molecule has 2 heterocycles. The fraction of sp³-hybridized carbons (Fsp3) is 0.273. The summed E-state index contributed by atoms with van der Waals surface area (Å²) in [6.07, 6.45) is 4.35. The molecule has 0 radical (unpaired) electrons. The molecule has 0 bridgehead atoms. The number of primary sulfonamides is 1. The van der Waals surface area contributed by atoms with Crippen molar-refractivity contribution in [3.05, 3.63) is 65.5 Å². The number of carbonyl (C=O) groups is 1. The number of rotatable bonds is 6. The Labute approximate surface area is 202 Å². The fourth-order valence-electron chi connectivity index (χ4n) is 3.80. The Bertz CT molecular complexity index is 1530. The third-order valence-corrected chi connectivity index (χ3v) is 9.41. The minimum atomic E-state index is -3.87. The van der Waals surface area contributed by atoms with Gasteiger partial charge in [-0.15, -0.1) is 6.58 Å². The molecule has 2 N–H and O–H groups in total. The molecule has 3 aromatic rings. The highest BCUT2D eigenvalue weighted by Gasteiger charge is 2.26. The number of sulfonamides is 2. The summed E-state index contributed by atoms with van der Waals surface area (Å²) in [6.45, 7) is 5.09. The van der Waals surface area contributed by atoms with Crippen molar-refractivity contribution in [2.45, 2.75) is 35.6 Å². The number of allylic oxidation sites excluding steroid dienone is 1. The van der Waals surface area contributed by atoms with E-state index in [0.717, 1.165) is 30.6 Å². The predicted octanol–water partition coefficient (Wildman–Crippen LogP) is 2.45. The Morgan fingerprint density at radius 2 is 1.68 bits per heavy atom. The van der Waals surface area contributed by atoms with Crippen molar-refractivity contribution in [3.63, 3.8) is 0 Å². The molecule has 1 aliphatic heterocycles. The molecule has 1 aliphatic rings. The van der Waals surface area contributed by atoms with Gasteiger partial charge in [-0.1, -0.05) is 23.8 Å². The summed E-state index contributed by atoms with van der Waals surface area (Å²) in [4.78, 5) is 17.5. The first-order valence-corrected chi connectivity index (χ1v) is 14.4. The van der Waals surface area contributed by atoms with Gasteiger partial charge < -0.3 is 4.57 Å². The van der Waals surface area contributed by atoms with E-state index in [0.29, 0.717) is 34.7 Å². The Kier molecular flexibility index (Phi) is 6.87. The molecule has 1 saturated heterocycles. The summed E-state index contributed by atoms with van der Waals surface area (Å²) in [5.74, 6) is -0.544. The second kappa shape index (κ2) is 9.55. The quantitative estimate of drug-likeness (QED) is 0.499. The van der Waals surface area contributed by atoms with Crippen molar-refractivity contribution in [2.24, 2.45) is 10.1 Å². The highest BCUT2D eigenvalue weighted by Crippen LogP contribution is 2.23. The van der Waals surface area contributed by atoms with E-state index in [2.05, 4.69) is 11.6 Å². The number of amides is 1. The molecule has 9 nitrogen and oxygen atoms in total. The standard InChI is InChI=1S/C22H24N4O5S3/c1-2-12-26-19-11-10-18(33(23,28)29)15-20(19)32-22(26)24-21(27)16-6-8-17(9-7-16)34(30,31)25-13-4-3-5-14-25/h2,6-11,15H,1,3-5,12-14H2,(H2,23,28,29). The van der Waals surface area contributed by atoms with E-state index in [4.69, 9.17) is 5.14 Å². The molecule has 2 aromatic carbocycles. The summed E-state index contributed by atoms with van der Waals surface area (Å²) in [7, 11) is -7.47. The average Bonchev–Trinajstić information content (AvgIpc) is 3.15. The Hall–Kier alpha value is -2.64. The van der Waals surface area contributed by atoms with Gasteiger partial charge in [0.1, 0.15) is 0 Å². The van der Waals surface area contributed by atoms with Gasteiger partial charge in [-0.3, -0.25) is 4.79 Å². The number of hydrogen-bond donors (Lipinski definition) is 1. The predicted molar refractivity (Wildman–Crippen MR) is 130 cm³/mol. The first kappa shape index (κ1) is 24.5. The van der Waals surface area contributed by atoms with E-state index >= 15 is 0 Å². The summed E-state index contributed by atoms with van der Waals surface area (Å²) >= 11 is 1.15. The van der Waals surface area contributed by atoms with Crippen molar-refractivity contribution in [1.82, 2.24) is 8.87 Å². The van der Waals surface area contributed by atoms with Crippen LogP contribution in [0.3, 0.4) is 0 Å². The smallest absolute Gasteiger partial charge is 0.279 e. The van der Waals surface area contributed by atoms with Gasteiger partial charge in [0.15, 0.2) is 4.80 Å². The van der Waals surface area contributed by atoms with Crippen LogP contribution in [0.15, 0.2) is 69.9 Å². The fourth-order valence-corrected chi connectivity index (χ4v) is 7.01. The summed E-state index contributed by atoms with van der Waals surface area (Å²) in [5, 5.41) is 5.23.